The van der Waals surface area contributed by atoms with Gasteiger partial charge in [-0.05, 0) is 31.0 Å². The molecule has 0 fully saturated rings. The minimum atomic E-state index is -4.73. The third kappa shape index (κ3) is 4.69. The van der Waals surface area contributed by atoms with Gasteiger partial charge in [-0.3, -0.25) is 4.79 Å². The molecule has 1 unspecified atom stereocenters. The molecule has 4 rings (SSSR count). The van der Waals surface area contributed by atoms with Crippen LogP contribution in [0.1, 0.15) is 30.5 Å². The summed E-state index contributed by atoms with van der Waals surface area (Å²) in [6.07, 6.45) is -4.27. The number of para-hydroxylation sites is 1. The summed E-state index contributed by atoms with van der Waals surface area (Å²) in [5.74, 6) is -1.54. The van der Waals surface area contributed by atoms with Crippen molar-refractivity contribution in [3.63, 3.8) is 0 Å². The molecule has 3 N–H and O–H groups in total. The lowest BCUT2D eigenvalue weighted by molar-refractivity contribution is -0.142. The zero-order valence-electron chi connectivity index (χ0n) is 17.9. The number of amides is 1. The SMILES string of the molecule is C[C@H](O)CC(C(N)=O)c1ccc(-c2noc(-c3cnn(-c4ccccc4)c3C(F)(F)F)n2)cc1. The maximum absolute atomic E-state index is 13.9. The topological polar surface area (TPSA) is 120 Å². The molecule has 34 heavy (non-hydrogen) atoms. The van der Waals surface area contributed by atoms with E-state index in [4.69, 9.17) is 10.3 Å². The van der Waals surface area contributed by atoms with E-state index in [2.05, 4.69) is 15.2 Å². The van der Waals surface area contributed by atoms with Crippen molar-refractivity contribution in [2.45, 2.75) is 31.5 Å². The van der Waals surface area contributed by atoms with E-state index in [0.717, 1.165) is 10.9 Å². The van der Waals surface area contributed by atoms with E-state index in [0.29, 0.717) is 11.1 Å². The number of aliphatic hydroxyl groups excluding tert-OH is 1. The summed E-state index contributed by atoms with van der Waals surface area (Å²) in [7, 11) is 0. The summed E-state index contributed by atoms with van der Waals surface area (Å²) in [4.78, 5) is 15.9. The van der Waals surface area contributed by atoms with Crippen molar-refractivity contribution in [3.05, 3.63) is 72.1 Å². The first-order valence-corrected chi connectivity index (χ1v) is 10.3. The zero-order valence-corrected chi connectivity index (χ0v) is 17.9. The molecular weight excluding hydrogens is 451 g/mol. The van der Waals surface area contributed by atoms with Crippen molar-refractivity contribution in [2.24, 2.45) is 5.73 Å². The Morgan fingerprint density at radius 1 is 1.15 bits per heavy atom. The fraction of sp³-hybridized carbons (Fsp3) is 0.217. The van der Waals surface area contributed by atoms with E-state index in [1.165, 1.54) is 12.1 Å². The number of nitrogens with zero attached hydrogens (tertiary/aromatic N) is 4. The van der Waals surface area contributed by atoms with Gasteiger partial charge in [-0.2, -0.15) is 23.3 Å². The predicted octanol–water partition coefficient (Wildman–Crippen LogP) is 3.95. The average Bonchev–Trinajstić information content (AvgIpc) is 3.45. The molecule has 4 aromatic rings. The lowest BCUT2D eigenvalue weighted by Crippen LogP contribution is -2.24. The second-order valence-corrected chi connectivity index (χ2v) is 7.74. The van der Waals surface area contributed by atoms with Crippen LogP contribution in [0, 0.1) is 0 Å². The van der Waals surface area contributed by atoms with Gasteiger partial charge in [0.2, 0.25) is 11.7 Å². The molecule has 0 aliphatic rings. The Hall–Kier alpha value is -3.99. The number of carbonyl (C=O) groups excluding carboxylic acids is 1. The fourth-order valence-electron chi connectivity index (χ4n) is 3.61. The summed E-state index contributed by atoms with van der Waals surface area (Å²) in [5.41, 5.74) is 5.33. The number of carbonyl (C=O) groups is 1. The summed E-state index contributed by atoms with van der Waals surface area (Å²) >= 11 is 0. The highest BCUT2D eigenvalue weighted by atomic mass is 19.4. The summed E-state index contributed by atoms with van der Waals surface area (Å²) in [6, 6.07) is 14.3. The van der Waals surface area contributed by atoms with Crippen LogP contribution in [-0.4, -0.2) is 37.0 Å². The average molecular weight is 471 g/mol. The first-order chi connectivity index (χ1) is 16.1. The summed E-state index contributed by atoms with van der Waals surface area (Å²) in [6.45, 7) is 1.56. The maximum atomic E-state index is 13.9. The van der Waals surface area contributed by atoms with E-state index in [-0.39, 0.29) is 29.4 Å². The second-order valence-electron chi connectivity index (χ2n) is 7.74. The van der Waals surface area contributed by atoms with Gasteiger partial charge in [-0.25, -0.2) is 4.68 Å². The van der Waals surface area contributed by atoms with Crippen LogP contribution in [0.3, 0.4) is 0 Å². The van der Waals surface area contributed by atoms with Crippen molar-refractivity contribution in [1.82, 2.24) is 19.9 Å². The van der Waals surface area contributed by atoms with Crippen LogP contribution in [-0.2, 0) is 11.0 Å². The highest BCUT2D eigenvalue weighted by molar-refractivity contribution is 5.82. The number of primary amides is 1. The van der Waals surface area contributed by atoms with Crippen LogP contribution < -0.4 is 5.73 Å². The number of halogens is 3. The number of hydrogen-bond donors (Lipinski definition) is 2. The fourth-order valence-corrected chi connectivity index (χ4v) is 3.61. The minimum absolute atomic E-state index is 0.0632. The number of nitrogens with two attached hydrogens (primary N) is 1. The predicted molar refractivity (Wildman–Crippen MR) is 116 cm³/mol. The van der Waals surface area contributed by atoms with E-state index in [9.17, 15) is 23.1 Å². The Bertz CT molecular complexity index is 1280. The normalized spacial score (nSPS) is 13.6. The van der Waals surface area contributed by atoms with Crippen LogP contribution in [0.25, 0.3) is 28.5 Å². The van der Waals surface area contributed by atoms with Gasteiger partial charge in [0.1, 0.15) is 0 Å². The Morgan fingerprint density at radius 2 is 1.82 bits per heavy atom. The largest absolute Gasteiger partial charge is 0.434 e. The molecule has 0 radical (unpaired) electrons. The van der Waals surface area contributed by atoms with Crippen molar-refractivity contribution < 1.29 is 27.6 Å². The summed E-state index contributed by atoms with van der Waals surface area (Å²) < 4.78 is 47.7. The molecule has 0 spiro atoms. The molecule has 2 atom stereocenters. The Morgan fingerprint density at radius 3 is 2.41 bits per heavy atom. The van der Waals surface area contributed by atoms with E-state index in [1.807, 2.05) is 0 Å². The second kappa shape index (κ2) is 9.10. The highest BCUT2D eigenvalue weighted by Crippen LogP contribution is 2.38. The van der Waals surface area contributed by atoms with Crippen LogP contribution in [0.15, 0.2) is 65.3 Å². The molecule has 176 valence electrons. The molecule has 8 nitrogen and oxygen atoms in total. The van der Waals surface area contributed by atoms with Crippen LogP contribution in [0.4, 0.5) is 13.2 Å². The molecule has 2 heterocycles. The smallest absolute Gasteiger partial charge is 0.393 e. The number of rotatable bonds is 7. The molecule has 1 amide bonds. The lowest BCUT2D eigenvalue weighted by Gasteiger charge is -2.15. The third-order valence-electron chi connectivity index (χ3n) is 5.19. The summed E-state index contributed by atoms with van der Waals surface area (Å²) in [5, 5.41) is 17.3. The number of aromatic nitrogens is 4. The van der Waals surface area contributed by atoms with Crippen molar-refractivity contribution in [3.8, 4) is 28.5 Å². The Balaban J connectivity index is 1.67. The number of hydrogen-bond acceptors (Lipinski definition) is 6. The lowest BCUT2D eigenvalue weighted by atomic mass is 9.92. The van der Waals surface area contributed by atoms with Gasteiger partial charge in [0.05, 0.1) is 29.5 Å². The van der Waals surface area contributed by atoms with Crippen molar-refractivity contribution in [2.75, 3.05) is 0 Å². The van der Waals surface area contributed by atoms with Crippen molar-refractivity contribution in [1.29, 1.82) is 0 Å². The standard InChI is InChI=1S/C23H20F3N5O3/c1-13(32)11-17(20(27)33)14-7-9-15(10-8-14)21-29-22(34-30-21)18-12-28-31(19(18)23(24,25)26)16-5-3-2-4-6-16/h2-10,12-13,17,32H,11H2,1H3,(H2,27,33)/t13-,17?/m0/s1. The van der Waals surface area contributed by atoms with Crippen LogP contribution >= 0.6 is 0 Å². The molecule has 0 aliphatic heterocycles. The molecule has 0 bridgehead atoms. The Kier molecular flexibility index (Phi) is 6.20. The molecule has 2 aromatic heterocycles. The van der Waals surface area contributed by atoms with Crippen LogP contribution in [0.5, 0.6) is 0 Å². The maximum Gasteiger partial charge on any atom is 0.434 e. The Labute approximate surface area is 191 Å². The van der Waals surface area contributed by atoms with Gasteiger partial charge < -0.3 is 15.4 Å². The highest BCUT2D eigenvalue weighted by Gasteiger charge is 2.40. The third-order valence-corrected chi connectivity index (χ3v) is 5.19. The van der Waals surface area contributed by atoms with Gasteiger partial charge in [0.15, 0.2) is 5.69 Å². The van der Waals surface area contributed by atoms with E-state index < -0.39 is 29.8 Å². The molecular formula is C23H20F3N5O3. The van der Waals surface area contributed by atoms with Crippen LogP contribution in [0.2, 0.25) is 0 Å². The molecule has 2 aromatic carbocycles. The number of aliphatic hydroxyl groups is 1. The number of alkyl halides is 3. The van der Waals surface area contributed by atoms with Gasteiger partial charge in [-0.1, -0.05) is 47.6 Å². The van der Waals surface area contributed by atoms with Gasteiger partial charge >= 0.3 is 6.18 Å². The zero-order chi connectivity index (χ0) is 24.5. The molecule has 11 heteroatoms. The minimum Gasteiger partial charge on any atom is -0.393 e. The molecule has 0 saturated carbocycles. The van der Waals surface area contributed by atoms with Gasteiger partial charge in [0.25, 0.3) is 5.89 Å². The first kappa shape index (κ1) is 23.2. The van der Waals surface area contributed by atoms with Gasteiger partial charge in [0, 0.05) is 5.56 Å². The monoisotopic (exact) mass is 471 g/mol. The first-order valence-electron chi connectivity index (χ1n) is 10.3. The quantitative estimate of drug-likeness (QED) is 0.421. The van der Waals surface area contributed by atoms with E-state index in [1.54, 1.807) is 49.4 Å². The van der Waals surface area contributed by atoms with E-state index >= 15 is 0 Å². The molecule has 0 saturated heterocycles. The van der Waals surface area contributed by atoms with Gasteiger partial charge in [-0.15, -0.1) is 0 Å². The van der Waals surface area contributed by atoms with Crippen molar-refractivity contribution >= 4 is 5.91 Å². The number of benzene rings is 2. The molecule has 0 aliphatic carbocycles.